The van der Waals surface area contributed by atoms with E-state index >= 15 is 0 Å². The lowest BCUT2D eigenvalue weighted by Gasteiger charge is -2.40. The van der Waals surface area contributed by atoms with E-state index in [0.29, 0.717) is 19.1 Å². The van der Waals surface area contributed by atoms with Gasteiger partial charge < -0.3 is 19.9 Å². The molecule has 1 aromatic carbocycles. The molecule has 0 aromatic heterocycles. The number of rotatable bonds is 6. The first-order valence-electron chi connectivity index (χ1n) is 8.41. The van der Waals surface area contributed by atoms with Gasteiger partial charge in [-0.25, -0.2) is 0 Å². The molecular weight excluding hydrogens is 278 g/mol. The maximum atomic E-state index is 9.79. The molecule has 2 atom stereocenters. The zero-order valence-corrected chi connectivity index (χ0v) is 13.4. The van der Waals surface area contributed by atoms with Crippen molar-refractivity contribution in [2.75, 3.05) is 20.3 Å². The van der Waals surface area contributed by atoms with Gasteiger partial charge in [0.15, 0.2) is 0 Å². The van der Waals surface area contributed by atoms with Crippen molar-refractivity contribution in [3.63, 3.8) is 0 Å². The van der Waals surface area contributed by atoms with E-state index in [1.807, 2.05) is 6.07 Å². The third-order valence-corrected chi connectivity index (χ3v) is 4.94. The number of methoxy groups -OCH3 is 1. The van der Waals surface area contributed by atoms with Gasteiger partial charge in [-0.15, -0.1) is 0 Å². The van der Waals surface area contributed by atoms with E-state index in [0.717, 1.165) is 31.6 Å². The first-order valence-corrected chi connectivity index (χ1v) is 8.41. The summed E-state index contributed by atoms with van der Waals surface area (Å²) in [5.74, 6) is 1.03. The van der Waals surface area contributed by atoms with Crippen LogP contribution >= 0.6 is 0 Å². The van der Waals surface area contributed by atoms with Gasteiger partial charge in [-0.05, 0) is 44.7 Å². The Morgan fingerprint density at radius 3 is 2.91 bits per heavy atom. The predicted octanol–water partition coefficient (Wildman–Crippen LogP) is 2.81. The average Bonchev–Trinajstić information content (AvgIpc) is 2.95. The van der Waals surface area contributed by atoms with Crippen LogP contribution < -0.4 is 10.1 Å². The first-order chi connectivity index (χ1) is 10.7. The molecule has 1 aliphatic carbocycles. The van der Waals surface area contributed by atoms with Crippen LogP contribution in [0.15, 0.2) is 24.3 Å². The quantitative estimate of drug-likeness (QED) is 0.848. The summed E-state index contributed by atoms with van der Waals surface area (Å²) in [7, 11) is 1.62. The van der Waals surface area contributed by atoms with Crippen molar-refractivity contribution in [2.24, 2.45) is 0 Å². The molecule has 3 rings (SSSR count). The van der Waals surface area contributed by atoms with Crippen LogP contribution in [0, 0.1) is 0 Å². The number of hydrogen-bond acceptors (Lipinski definition) is 4. The number of fused-ring (bicyclic) bond motifs is 1. The van der Waals surface area contributed by atoms with Gasteiger partial charge in [0, 0.05) is 25.1 Å². The molecule has 0 amide bonds. The molecule has 1 fully saturated rings. The molecule has 2 N–H and O–H groups in total. The highest BCUT2D eigenvalue weighted by atomic mass is 16.5. The van der Waals surface area contributed by atoms with Gasteiger partial charge in [-0.1, -0.05) is 18.2 Å². The standard InChI is InChI=1S/C18H27NO3/c1-21-13-14(20)8-11-19-16-12-18(9-4-5-10-18)22-17-7-3-2-6-15(16)17/h2-3,6-7,14,16,19-20H,4-5,8-13H2,1H3. The van der Waals surface area contributed by atoms with Gasteiger partial charge in [0.2, 0.25) is 0 Å². The van der Waals surface area contributed by atoms with Crippen molar-refractivity contribution in [3.8, 4) is 5.75 Å². The predicted molar refractivity (Wildman–Crippen MR) is 86.1 cm³/mol. The lowest BCUT2D eigenvalue weighted by Crippen LogP contribution is -2.42. The van der Waals surface area contributed by atoms with Gasteiger partial charge in [-0.3, -0.25) is 0 Å². The van der Waals surface area contributed by atoms with Crippen LogP contribution in [-0.4, -0.2) is 37.1 Å². The Hall–Kier alpha value is -1.10. The summed E-state index contributed by atoms with van der Waals surface area (Å²) in [6.45, 7) is 1.19. The van der Waals surface area contributed by atoms with Crippen LogP contribution in [-0.2, 0) is 4.74 Å². The molecule has 122 valence electrons. The van der Waals surface area contributed by atoms with E-state index < -0.39 is 6.10 Å². The average molecular weight is 305 g/mol. The topological polar surface area (TPSA) is 50.7 Å². The van der Waals surface area contributed by atoms with Crippen LogP contribution in [0.2, 0.25) is 0 Å². The fourth-order valence-corrected chi connectivity index (χ4v) is 3.83. The molecule has 2 aliphatic rings. The molecule has 4 nitrogen and oxygen atoms in total. The maximum absolute atomic E-state index is 9.79. The summed E-state index contributed by atoms with van der Waals surface area (Å²) in [6.07, 6.45) is 6.19. The monoisotopic (exact) mass is 305 g/mol. The summed E-state index contributed by atoms with van der Waals surface area (Å²) in [6, 6.07) is 8.68. The van der Waals surface area contributed by atoms with E-state index in [-0.39, 0.29) is 5.60 Å². The van der Waals surface area contributed by atoms with Crippen LogP contribution in [0.5, 0.6) is 5.75 Å². The normalized spacial score (nSPS) is 24.0. The Bertz CT molecular complexity index is 485. The largest absolute Gasteiger partial charge is 0.487 e. The number of nitrogens with one attached hydrogen (secondary N) is 1. The fraction of sp³-hybridized carbons (Fsp3) is 0.667. The second-order valence-electron chi connectivity index (χ2n) is 6.64. The highest BCUT2D eigenvalue weighted by Crippen LogP contribution is 2.46. The van der Waals surface area contributed by atoms with Gasteiger partial charge in [0.05, 0.1) is 12.7 Å². The molecule has 4 heteroatoms. The second kappa shape index (κ2) is 6.99. The van der Waals surface area contributed by atoms with Gasteiger partial charge in [0.1, 0.15) is 11.4 Å². The Balaban J connectivity index is 1.66. The van der Waals surface area contributed by atoms with Crippen LogP contribution in [0.3, 0.4) is 0 Å². The third-order valence-electron chi connectivity index (χ3n) is 4.94. The Morgan fingerprint density at radius 1 is 1.36 bits per heavy atom. The lowest BCUT2D eigenvalue weighted by molar-refractivity contribution is 0.0338. The summed E-state index contributed by atoms with van der Waals surface area (Å²) in [5, 5.41) is 13.4. The van der Waals surface area contributed by atoms with Gasteiger partial charge >= 0.3 is 0 Å². The summed E-state index contributed by atoms with van der Waals surface area (Å²) in [5.41, 5.74) is 1.28. The molecule has 1 aromatic rings. The molecule has 1 spiro atoms. The molecule has 0 bridgehead atoms. The Kier molecular flexibility index (Phi) is 5.01. The lowest BCUT2D eigenvalue weighted by atomic mass is 9.86. The van der Waals surface area contributed by atoms with E-state index in [2.05, 4.69) is 23.5 Å². The Labute approximate surface area is 132 Å². The molecule has 1 saturated carbocycles. The molecule has 22 heavy (non-hydrogen) atoms. The molecule has 2 unspecified atom stereocenters. The van der Waals surface area contributed by atoms with Crippen LogP contribution in [0.4, 0.5) is 0 Å². The van der Waals surface area contributed by atoms with Crippen LogP contribution in [0.25, 0.3) is 0 Å². The molecule has 0 radical (unpaired) electrons. The molecule has 1 heterocycles. The van der Waals surface area contributed by atoms with Crippen molar-refractivity contribution >= 4 is 0 Å². The Morgan fingerprint density at radius 2 is 2.14 bits per heavy atom. The van der Waals surface area contributed by atoms with E-state index in [9.17, 15) is 5.11 Å². The number of ether oxygens (including phenoxy) is 2. The number of aliphatic hydroxyl groups excluding tert-OH is 1. The number of para-hydroxylation sites is 1. The van der Waals surface area contributed by atoms with Gasteiger partial charge in [0.25, 0.3) is 0 Å². The highest BCUT2D eigenvalue weighted by Gasteiger charge is 2.42. The number of aliphatic hydroxyl groups is 1. The molecule has 0 saturated heterocycles. The van der Waals surface area contributed by atoms with Crippen LogP contribution in [0.1, 0.15) is 50.1 Å². The zero-order chi connectivity index (χ0) is 15.4. The smallest absolute Gasteiger partial charge is 0.124 e. The van der Waals surface area contributed by atoms with Crippen molar-refractivity contribution in [3.05, 3.63) is 29.8 Å². The minimum Gasteiger partial charge on any atom is -0.487 e. The molecule has 1 aliphatic heterocycles. The SMILES string of the molecule is COCC(O)CCNC1CC2(CCCC2)Oc2ccccc21. The summed E-state index contributed by atoms with van der Waals surface area (Å²) >= 11 is 0. The minimum absolute atomic E-state index is 0.0250. The first kappa shape index (κ1) is 15.8. The fourth-order valence-electron chi connectivity index (χ4n) is 3.83. The highest BCUT2D eigenvalue weighted by molar-refractivity contribution is 5.39. The van der Waals surface area contributed by atoms with E-state index in [1.165, 1.54) is 18.4 Å². The minimum atomic E-state index is -0.395. The van der Waals surface area contributed by atoms with Crippen molar-refractivity contribution in [1.82, 2.24) is 5.32 Å². The van der Waals surface area contributed by atoms with Gasteiger partial charge in [-0.2, -0.15) is 0 Å². The zero-order valence-electron chi connectivity index (χ0n) is 13.4. The third kappa shape index (κ3) is 3.45. The number of benzene rings is 1. The van der Waals surface area contributed by atoms with Crippen molar-refractivity contribution in [1.29, 1.82) is 0 Å². The van der Waals surface area contributed by atoms with E-state index in [4.69, 9.17) is 9.47 Å². The van der Waals surface area contributed by atoms with Crippen molar-refractivity contribution in [2.45, 2.75) is 56.3 Å². The van der Waals surface area contributed by atoms with E-state index in [1.54, 1.807) is 7.11 Å². The number of hydrogen-bond donors (Lipinski definition) is 2. The maximum Gasteiger partial charge on any atom is 0.124 e. The summed E-state index contributed by atoms with van der Waals surface area (Å²) < 4.78 is 11.3. The summed E-state index contributed by atoms with van der Waals surface area (Å²) in [4.78, 5) is 0. The molecular formula is C18H27NO3. The second-order valence-corrected chi connectivity index (χ2v) is 6.64. The van der Waals surface area contributed by atoms with Crippen molar-refractivity contribution < 1.29 is 14.6 Å².